The maximum atomic E-state index is 12.8. The van der Waals surface area contributed by atoms with E-state index in [1.54, 1.807) is 25.1 Å². The van der Waals surface area contributed by atoms with E-state index < -0.39 is 17.6 Å². The molecule has 1 saturated carbocycles. The highest BCUT2D eigenvalue weighted by Crippen LogP contribution is 2.29. The molecule has 8 nitrogen and oxygen atoms in total. The highest BCUT2D eigenvalue weighted by Gasteiger charge is 2.34. The summed E-state index contributed by atoms with van der Waals surface area (Å²) < 4.78 is 6.86. The number of pyridine rings is 1. The molecular formula is C22H27N3O5. The second kappa shape index (κ2) is 9.13. The highest BCUT2D eigenvalue weighted by molar-refractivity contribution is 5.99. The lowest BCUT2D eigenvalue weighted by Crippen LogP contribution is -2.34. The molecule has 8 heteroatoms. The van der Waals surface area contributed by atoms with Crippen LogP contribution in [0.4, 0.5) is 0 Å². The molecule has 160 valence electrons. The number of rotatable bonds is 8. The lowest BCUT2D eigenvalue weighted by Gasteiger charge is -2.13. The number of aromatic nitrogens is 1. The zero-order valence-corrected chi connectivity index (χ0v) is 17.3. The Bertz CT molecular complexity index is 999. The Kier molecular flexibility index (Phi) is 6.56. The van der Waals surface area contributed by atoms with E-state index in [1.807, 2.05) is 6.07 Å². The summed E-state index contributed by atoms with van der Waals surface area (Å²) in [4.78, 5) is 37.7. The minimum atomic E-state index is -0.601. The average Bonchev–Trinajstić information content (AvgIpc) is 3.41. The van der Waals surface area contributed by atoms with E-state index in [9.17, 15) is 19.5 Å². The summed E-state index contributed by atoms with van der Waals surface area (Å²) in [6.45, 7) is 3.99. The smallest absolute Gasteiger partial charge is 0.263 e. The third-order valence-corrected chi connectivity index (χ3v) is 4.99. The van der Waals surface area contributed by atoms with Crippen molar-refractivity contribution in [2.24, 2.45) is 5.92 Å². The van der Waals surface area contributed by atoms with Crippen molar-refractivity contribution < 1.29 is 19.4 Å². The second-order valence-electron chi connectivity index (χ2n) is 7.76. The fourth-order valence-corrected chi connectivity index (χ4v) is 3.10. The summed E-state index contributed by atoms with van der Waals surface area (Å²) >= 11 is 0. The van der Waals surface area contributed by atoms with Crippen molar-refractivity contribution in [3.63, 3.8) is 0 Å². The molecule has 0 saturated heterocycles. The molecule has 0 unspecified atom stereocenters. The van der Waals surface area contributed by atoms with Crippen molar-refractivity contribution >= 4 is 11.8 Å². The third kappa shape index (κ3) is 5.27. The van der Waals surface area contributed by atoms with Gasteiger partial charge in [-0.2, -0.15) is 0 Å². The first-order chi connectivity index (χ1) is 14.3. The van der Waals surface area contributed by atoms with Crippen LogP contribution in [0.1, 0.15) is 46.5 Å². The highest BCUT2D eigenvalue weighted by atomic mass is 16.5. The van der Waals surface area contributed by atoms with Gasteiger partial charge >= 0.3 is 0 Å². The first-order valence-corrected chi connectivity index (χ1v) is 9.95. The monoisotopic (exact) mass is 413 g/mol. The SMILES string of the molecule is CNC(=O)c1cc(C(=O)N[C@H]2C[C@@H]2C)cn(Cc2cccc(OC[C@@H](C)O)c2)c1=O. The van der Waals surface area contributed by atoms with E-state index in [-0.39, 0.29) is 36.2 Å². The maximum Gasteiger partial charge on any atom is 0.263 e. The molecule has 2 aromatic rings. The third-order valence-electron chi connectivity index (χ3n) is 4.99. The van der Waals surface area contributed by atoms with Gasteiger partial charge in [0.05, 0.1) is 18.2 Å². The molecule has 3 atom stereocenters. The fraction of sp³-hybridized carbons (Fsp3) is 0.409. The van der Waals surface area contributed by atoms with Gasteiger partial charge in [0.25, 0.3) is 17.4 Å². The van der Waals surface area contributed by atoms with Crippen molar-refractivity contribution in [3.05, 3.63) is 63.6 Å². The van der Waals surface area contributed by atoms with Crippen molar-refractivity contribution in [3.8, 4) is 5.75 Å². The van der Waals surface area contributed by atoms with Crippen molar-refractivity contribution in [2.45, 2.75) is 39.0 Å². The molecule has 0 aliphatic heterocycles. The number of nitrogens with zero attached hydrogens (tertiary/aromatic N) is 1. The number of aliphatic hydroxyl groups excluding tert-OH is 1. The number of nitrogens with one attached hydrogen (secondary N) is 2. The molecule has 3 rings (SSSR count). The Hall–Kier alpha value is -3.13. The molecule has 3 N–H and O–H groups in total. The van der Waals surface area contributed by atoms with Gasteiger partial charge in [-0.25, -0.2) is 0 Å². The normalized spacial score (nSPS) is 18.4. The maximum absolute atomic E-state index is 12.8. The van der Waals surface area contributed by atoms with E-state index in [1.165, 1.54) is 23.9 Å². The number of amides is 2. The van der Waals surface area contributed by atoms with Gasteiger partial charge < -0.3 is 25.0 Å². The summed E-state index contributed by atoms with van der Waals surface area (Å²) in [5.41, 5.74) is 0.446. The Balaban J connectivity index is 1.90. The first kappa shape index (κ1) is 21.6. The van der Waals surface area contributed by atoms with E-state index in [0.29, 0.717) is 11.7 Å². The number of carbonyl (C=O) groups excluding carboxylic acids is 2. The van der Waals surface area contributed by atoms with Crippen LogP contribution < -0.4 is 20.9 Å². The number of hydrogen-bond acceptors (Lipinski definition) is 5. The van der Waals surface area contributed by atoms with Crippen LogP contribution in [0.25, 0.3) is 0 Å². The van der Waals surface area contributed by atoms with E-state index in [0.717, 1.165) is 12.0 Å². The average molecular weight is 413 g/mol. The van der Waals surface area contributed by atoms with Crippen LogP contribution >= 0.6 is 0 Å². The van der Waals surface area contributed by atoms with E-state index in [2.05, 4.69) is 17.6 Å². The molecule has 1 heterocycles. The summed E-state index contributed by atoms with van der Waals surface area (Å²) in [5, 5.41) is 14.7. The standard InChI is InChI=1S/C22H27N3O5/c1-13-7-19(13)24-20(27)16-9-18(21(28)23-3)22(29)25(11-16)10-15-5-4-6-17(8-15)30-12-14(2)26/h4-6,8-9,11,13-14,19,26H,7,10,12H2,1-3H3,(H,23,28)(H,24,27)/t13-,14+,19-/m0/s1. The number of benzene rings is 1. The van der Waals surface area contributed by atoms with Gasteiger partial charge in [0, 0.05) is 19.3 Å². The molecule has 0 bridgehead atoms. The lowest BCUT2D eigenvalue weighted by atomic mass is 10.1. The van der Waals surface area contributed by atoms with Gasteiger partial charge in [-0.15, -0.1) is 0 Å². The van der Waals surface area contributed by atoms with Crippen LogP contribution in [0, 0.1) is 5.92 Å². The van der Waals surface area contributed by atoms with Gasteiger partial charge in [-0.3, -0.25) is 14.4 Å². The number of hydrogen-bond donors (Lipinski definition) is 3. The summed E-state index contributed by atoms with van der Waals surface area (Å²) in [6.07, 6.45) is 1.80. The van der Waals surface area contributed by atoms with E-state index in [4.69, 9.17) is 4.74 Å². The number of carbonyl (C=O) groups is 2. The molecule has 1 aromatic carbocycles. The number of ether oxygens (including phenoxy) is 1. The summed E-state index contributed by atoms with van der Waals surface area (Å²) in [6, 6.07) is 8.58. The second-order valence-corrected chi connectivity index (χ2v) is 7.76. The molecule has 0 radical (unpaired) electrons. The van der Waals surface area contributed by atoms with Gasteiger partial charge in [-0.1, -0.05) is 19.1 Å². The molecule has 1 aliphatic rings. The zero-order valence-electron chi connectivity index (χ0n) is 17.3. The predicted molar refractivity (Wildman–Crippen MR) is 112 cm³/mol. The summed E-state index contributed by atoms with van der Waals surface area (Å²) in [7, 11) is 1.44. The molecule has 0 spiro atoms. The van der Waals surface area contributed by atoms with E-state index >= 15 is 0 Å². The van der Waals surface area contributed by atoms with Crippen molar-refractivity contribution in [2.75, 3.05) is 13.7 Å². The quantitative estimate of drug-likeness (QED) is 0.602. The van der Waals surface area contributed by atoms with Gasteiger partial charge in [0.15, 0.2) is 0 Å². The Labute approximate surface area is 174 Å². The summed E-state index contributed by atoms with van der Waals surface area (Å²) in [5.74, 6) is 0.140. The minimum absolute atomic E-state index is 0.0875. The largest absolute Gasteiger partial charge is 0.491 e. The van der Waals surface area contributed by atoms with Crippen LogP contribution in [0.2, 0.25) is 0 Å². The molecule has 2 amide bonds. The topological polar surface area (TPSA) is 110 Å². The van der Waals surface area contributed by atoms with Crippen LogP contribution in [-0.2, 0) is 6.54 Å². The van der Waals surface area contributed by atoms with Crippen molar-refractivity contribution in [1.29, 1.82) is 0 Å². The minimum Gasteiger partial charge on any atom is -0.491 e. The van der Waals surface area contributed by atoms with Gasteiger partial charge in [0.1, 0.15) is 17.9 Å². The first-order valence-electron chi connectivity index (χ1n) is 9.95. The Morgan fingerprint density at radius 1 is 1.30 bits per heavy atom. The van der Waals surface area contributed by atoms with Crippen LogP contribution in [0.3, 0.4) is 0 Å². The zero-order chi connectivity index (χ0) is 21.8. The van der Waals surface area contributed by atoms with Gasteiger partial charge in [-0.05, 0) is 43.0 Å². The molecular weight excluding hydrogens is 386 g/mol. The Morgan fingerprint density at radius 3 is 2.67 bits per heavy atom. The van der Waals surface area contributed by atoms with Crippen LogP contribution in [0.15, 0.2) is 41.3 Å². The molecule has 1 aliphatic carbocycles. The molecule has 30 heavy (non-hydrogen) atoms. The molecule has 1 fully saturated rings. The predicted octanol–water partition coefficient (Wildman–Crippen LogP) is 1.15. The lowest BCUT2D eigenvalue weighted by molar-refractivity contribution is 0.0948. The fourth-order valence-electron chi connectivity index (χ4n) is 3.10. The van der Waals surface area contributed by atoms with Gasteiger partial charge in [0.2, 0.25) is 0 Å². The Morgan fingerprint density at radius 2 is 2.03 bits per heavy atom. The number of aliphatic hydroxyl groups is 1. The van der Waals surface area contributed by atoms with Crippen molar-refractivity contribution in [1.82, 2.24) is 15.2 Å². The van der Waals surface area contributed by atoms with Crippen LogP contribution in [-0.4, -0.2) is 47.3 Å². The molecule has 1 aromatic heterocycles. The van der Waals surface area contributed by atoms with Crippen LogP contribution in [0.5, 0.6) is 5.75 Å².